The first-order chi connectivity index (χ1) is 18.5. The SMILES string of the molecule is CCNOC(=O)c1c(Cl)c(Cl)c(Cl)c(Cl)c1-c1c2cc(I)c(=O)c(I)c-2oc2c(I)c(ONCC)c(I)cc12. The molecule has 2 aromatic carbocycles. The van der Waals surface area contributed by atoms with Crippen molar-refractivity contribution in [2.45, 2.75) is 13.8 Å². The first kappa shape index (κ1) is 32.3. The molecule has 0 radical (unpaired) electrons. The number of halogens is 8. The lowest BCUT2D eigenvalue weighted by Gasteiger charge is -2.22. The van der Waals surface area contributed by atoms with E-state index in [-0.39, 0.29) is 36.6 Å². The van der Waals surface area contributed by atoms with Gasteiger partial charge in [-0.2, -0.15) is 11.0 Å². The van der Waals surface area contributed by atoms with Crippen molar-refractivity contribution in [3.05, 3.63) is 62.3 Å². The normalized spacial score (nSPS) is 11.4. The van der Waals surface area contributed by atoms with Gasteiger partial charge in [-0.3, -0.25) is 4.79 Å². The summed E-state index contributed by atoms with van der Waals surface area (Å²) < 4.78 is 8.53. The van der Waals surface area contributed by atoms with Crippen molar-refractivity contribution in [3.63, 3.8) is 0 Å². The zero-order valence-corrected chi connectivity index (χ0v) is 31.3. The van der Waals surface area contributed by atoms with Crippen LogP contribution in [-0.4, -0.2) is 19.1 Å². The highest BCUT2D eigenvalue weighted by Gasteiger charge is 2.33. The van der Waals surface area contributed by atoms with Crippen molar-refractivity contribution in [2.75, 3.05) is 13.1 Å². The van der Waals surface area contributed by atoms with E-state index in [1.165, 1.54) is 0 Å². The van der Waals surface area contributed by atoms with Crippen LogP contribution in [0.1, 0.15) is 24.2 Å². The molecule has 15 heteroatoms. The highest BCUT2D eigenvalue weighted by molar-refractivity contribution is 14.1. The molecule has 0 atom stereocenters. The molecule has 0 saturated carbocycles. The Bertz CT molecular complexity index is 1680. The van der Waals surface area contributed by atoms with Gasteiger partial charge in [0.15, 0.2) is 17.1 Å². The Morgan fingerprint density at radius 1 is 0.872 bits per heavy atom. The predicted molar refractivity (Wildman–Crippen MR) is 189 cm³/mol. The van der Waals surface area contributed by atoms with Gasteiger partial charge in [0.1, 0.15) is 7.14 Å². The zero-order valence-electron chi connectivity index (χ0n) is 19.6. The largest absolute Gasteiger partial charge is 0.454 e. The molecule has 2 aromatic rings. The molecule has 0 spiro atoms. The van der Waals surface area contributed by atoms with E-state index in [9.17, 15) is 9.59 Å². The average Bonchev–Trinajstić information content (AvgIpc) is 2.91. The van der Waals surface area contributed by atoms with Crippen LogP contribution in [0.25, 0.3) is 33.4 Å². The van der Waals surface area contributed by atoms with Crippen LogP contribution >= 0.6 is 137 Å². The van der Waals surface area contributed by atoms with E-state index in [1.807, 2.05) is 58.2 Å². The summed E-state index contributed by atoms with van der Waals surface area (Å²) in [6, 6.07) is 3.51. The smallest absolute Gasteiger partial charge is 0.359 e. The summed E-state index contributed by atoms with van der Waals surface area (Å²) in [7, 11) is 0. The van der Waals surface area contributed by atoms with Gasteiger partial charge in [-0.15, -0.1) is 0 Å². The maximum absolute atomic E-state index is 13.4. The lowest BCUT2D eigenvalue weighted by Crippen LogP contribution is -2.21. The lowest BCUT2D eigenvalue weighted by atomic mass is 9.90. The number of rotatable bonds is 7. The third kappa shape index (κ3) is 5.96. The van der Waals surface area contributed by atoms with Crippen molar-refractivity contribution in [1.29, 1.82) is 0 Å². The minimum Gasteiger partial charge on any atom is -0.454 e. The minimum atomic E-state index is -0.819. The molecular formula is C24H14Cl4I4N2O5. The van der Waals surface area contributed by atoms with Gasteiger partial charge in [0, 0.05) is 35.2 Å². The molecule has 0 fully saturated rings. The molecule has 0 unspecified atom stereocenters. The van der Waals surface area contributed by atoms with Crippen LogP contribution < -0.4 is 21.2 Å². The Balaban J connectivity index is 2.30. The van der Waals surface area contributed by atoms with Gasteiger partial charge in [-0.25, -0.2) is 4.79 Å². The summed E-state index contributed by atoms with van der Waals surface area (Å²) in [6.45, 7) is 4.57. The van der Waals surface area contributed by atoms with Crippen molar-refractivity contribution in [2.24, 2.45) is 0 Å². The molecule has 206 valence electrons. The fourth-order valence-electron chi connectivity index (χ4n) is 3.74. The number of hydrogen-bond donors (Lipinski definition) is 2. The molecule has 1 heterocycles. The average molecular weight is 1060 g/mol. The van der Waals surface area contributed by atoms with Gasteiger partial charge in [0.05, 0.1) is 32.8 Å². The monoisotopic (exact) mass is 1060 g/mol. The first-order valence-corrected chi connectivity index (χ1v) is 16.7. The van der Waals surface area contributed by atoms with Gasteiger partial charge in [0.2, 0.25) is 5.43 Å². The maximum atomic E-state index is 13.4. The first-order valence-electron chi connectivity index (χ1n) is 10.9. The van der Waals surface area contributed by atoms with Crippen LogP contribution in [-0.2, 0) is 4.84 Å². The van der Waals surface area contributed by atoms with E-state index in [4.69, 9.17) is 60.5 Å². The molecule has 2 N–H and O–H groups in total. The minimum absolute atomic E-state index is 0.0162. The second-order valence-electron chi connectivity index (χ2n) is 7.73. The van der Waals surface area contributed by atoms with Crippen LogP contribution in [0.3, 0.4) is 0 Å². The van der Waals surface area contributed by atoms with Gasteiger partial charge < -0.3 is 14.1 Å². The van der Waals surface area contributed by atoms with Crippen LogP contribution in [0, 0.1) is 14.3 Å². The predicted octanol–water partition coefficient (Wildman–Crippen LogP) is 9.18. The molecule has 4 rings (SSSR count). The molecule has 1 aliphatic carbocycles. The topological polar surface area (TPSA) is 89.8 Å². The van der Waals surface area contributed by atoms with Crippen LogP contribution in [0.15, 0.2) is 21.3 Å². The van der Waals surface area contributed by atoms with Crippen LogP contribution in [0.4, 0.5) is 0 Å². The molecule has 0 saturated heterocycles. The van der Waals surface area contributed by atoms with Crippen LogP contribution in [0.5, 0.6) is 5.75 Å². The Morgan fingerprint density at radius 2 is 1.51 bits per heavy atom. The standard InChI is InChI=1S/C24H14Cl4I4N2O5/c1-3-33-38-23-10(30)6-8-11(7-5-9(29)20(35)18(31)21(7)37-22(8)19(23)32)12-13(24(36)39-34-4-2)15(26)17(28)16(27)14(12)25/h5-6,33-34H,3-4H2,1-2H3. The lowest BCUT2D eigenvalue weighted by molar-refractivity contribution is 0.0267. The van der Waals surface area contributed by atoms with Gasteiger partial charge >= 0.3 is 5.97 Å². The van der Waals surface area contributed by atoms with E-state index in [0.717, 1.165) is 3.57 Å². The van der Waals surface area contributed by atoms with Crippen molar-refractivity contribution in [1.82, 2.24) is 11.0 Å². The fourth-order valence-corrected chi connectivity index (χ4v) is 8.56. The molecule has 0 bridgehead atoms. The highest BCUT2D eigenvalue weighted by Crippen LogP contribution is 2.52. The zero-order chi connectivity index (χ0) is 28.8. The highest BCUT2D eigenvalue weighted by atomic mass is 127. The van der Waals surface area contributed by atoms with E-state index < -0.39 is 5.97 Å². The number of hydroxylamine groups is 2. The summed E-state index contributed by atoms with van der Waals surface area (Å²) in [4.78, 5) is 37.3. The summed E-state index contributed by atoms with van der Waals surface area (Å²) in [5.41, 5.74) is 6.64. The number of nitrogens with one attached hydrogen (secondary N) is 2. The van der Waals surface area contributed by atoms with Crippen molar-refractivity contribution >= 4 is 154 Å². The van der Waals surface area contributed by atoms with E-state index >= 15 is 0 Å². The number of benzene rings is 3. The second kappa shape index (κ2) is 13.4. The van der Waals surface area contributed by atoms with Gasteiger partial charge in [0.25, 0.3) is 0 Å². The fraction of sp³-hybridized carbons (Fsp3) is 0.167. The van der Waals surface area contributed by atoms with Crippen molar-refractivity contribution < 1.29 is 18.9 Å². The third-order valence-corrected chi connectivity index (χ3v) is 10.7. The quantitative estimate of drug-likeness (QED) is 0.0628. The van der Waals surface area contributed by atoms with E-state index in [2.05, 4.69) is 56.1 Å². The summed E-state index contributed by atoms with van der Waals surface area (Å²) in [5.74, 6) is 0.00885. The van der Waals surface area contributed by atoms with Crippen LogP contribution in [0.2, 0.25) is 20.1 Å². The van der Waals surface area contributed by atoms with E-state index in [0.29, 0.717) is 57.4 Å². The molecule has 0 aromatic heterocycles. The van der Waals surface area contributed by atoms with Gasteiger partial charge in [-0.1, -0.05) is 46.4 Å². The summed E-state index contributed by atoms with van der Waals surface area (Å²) in [5, 5.41) is 0.284. The molecule has 0 amide bonds. The number of carbonyl (C=O) groups excluding carboxylic acids is 1. The molecular weight excluding hydrogens is 1050 g/mol. The summed E-state index contributed by atoms with van der Waals surface area (Å²) in [6.07, 6.45) is 0. The second-order valence-corrected chi connectivity index (χ2v) is 13.7. The van der Waals surface area contributed by atoms with Crippen molar-refractivity contribution in [3.8, 4) is 28.2 Å². The maximum Gasteiger partial charge on any atom is 0.359 e. The molecule has 39 heavy (non-hydrogen) atoms. The van der Waals surface area contributed by atoms with E-state index in [1.54, 1.807) is 13.0 Å². The number of hydrogen-bond acceptors (Lipinski definition) is 7. The number of fused-ring (bicyclic) bond motifs is 2. The summed E-state index contributed by atoms with van der Waals surface area (Å²) >= 11 is 34.6. The van der Waals surface area contributed by atoms with Gasteiger partial charge in [-0.05, 0) is 116 Å². The Hall–Kier alpha value is 0.400. The number of carbonyl (C=O) groups is 1. The molecule has 1 aliphatic heterocycles. The molecule has 2 aliphatic rings. The molecule has 7 nitrogen and oxygen atoms in total. The Labute approximate surface area is 297 Å². The third-order valence-electron chi connectivity index (χ3n) is 5.35. The Kier molecular flexibility index (Phi) is 11.1. The Morgan fingerprint density at radius 3 is 2.15 bits per heavy atom.